The van der Waals surface area contributed by atoms with Crippen LogP contribution in [0.1, 0.15) is 27.2 Å². The first-order valence-electron chi connectivity index (χ1n) is 6.48. The normalized spacial score (nSPS) is 10.3. The Balaban J connectivity index is 1.86. The molecular weight excluding hydrogens is 252 g/mol. The zero-order chi connectivity index (χ0) is 14.4. The maximum Gasteiger partial charge on any atom is 0.339 e. The van der Waals surface area contributed by atoms with Crippen molar-refractivity contribution in [2.45, 2.75) is 20.0 Å². The van der Waals surface area contributed by atoms with Crippen molar-refractivity contribution >= 4 is 5.97 Å². The van der Waals surface area contributed by atoms with Crippen molar-refractivity contribution < 1.29 is 9.53 Å². The molecule has 0 radical (unpaired) electrons. The third kappa shape index (κ3) is 3.90. The Hall–Kier alpha value is -2.20. The first-order chi connectivity index (χ1) is 9.69. The maximum atomic E-state index is 11.3. The molecule has 4 heteroatoms. The molecule has 4 nitrogen and oxygen atoms in total. The summed E-state index contributed by atoms with van der Waals surface area (Å²) in [5, 5.41) is 3.33. The lowest BCUT2D eigenvalue weighted by Crippen LogP contribution is -2.14. The molecule has 0 spiro atoms. The van der Waals surface area contributed by atoms with Gasteiger partial charge in [-0.3, -0.25) is 4.98 Å². The van der Waals surface area contributed by atoms with E-state index in [4.69, 9.17) is 0 Å². The van der Waals surface area contributed by atoms with E-state index >= 15 is 0 Å². The smallest absolute Gasteiger partial charge is 0.339 e. The van der Waals surface area contributed by atoms with E-state index in [9.17, 15) is 4.79 Å². The number of hydrogen-bond donors (Lipinski definition) is 1. The Morgan fingerprint density at radius 3 is 2.75 bits per heavy atom. The van der Waals surface area contributed by atoms with Gasteiger partial charge in [0.1, 0.15) is 0 Å². The van der Waals surface area contributed by atoms with Crippen molar-refractivity contribution in [1.82, 2.24) is 10.3 Å². The second kappa shape index (κ2) is 6.82. The van der Waals surface area contributed by atoms with Gasteiger partial charge >= 0.3 is 5.97 Å². The van der Waals surface area contributed by atoms with Crippen LogP contribution in [0.25, 0.3) is 0 Å². The minimum absolute atomic E-state index is 0.364. The standard InChI is InChI=1S/C16H18N2O2/c1-12-4-3-5-13(8-12)9-17-11-15-7-6-14(10-18-15)16(19)20-2/h3-8,10,17H,9,11H2,1-2H3. The molecule has 104 valence electrons. The molecule has 2 aromatic rings. The second-order valence-corrected chi connectivity index (χ2v) is 4.62. The van der Waals surface area contributed by atoms with E-state index in [1.807, 2.05) is 6.07 Å². The van der Waals surface area contributed by atoms with E-state index < -0.39 is 0 Å². The van der Waals surface area contributed by atoms with Gasteiger partial charge in [0.25, 0.3) is 0 Å². The van der Waals surface area contributed by atoms with E-state index in [0.29, 0.717) is 12.1 Å². The van der Waals surface area contributed by atoms with E-state index in [-0.39, 0.29) is 5.97 Å². The van der Waals surface area contributed by atoms with E-state index in [2.05, 4.69) is 46.2 Å². The number of methoxy groups -OCH3 is 1. The molecule has 0 unspecified atom stereocenters. The number of benzene rings is 1. The van der Waals surface area contributed by atoms with Gasteiger partial charge < -0.3 is 10.1 Å². The van der Waals surface area contributed by atoms with Crippen LogP contribution >= 0.6 is 0 Å². The molecular formula is C16H18N2O2. The summed E-state index contributed by atoms with van der Waals surface area (Å²) in [4.78, 5) is 15.5. The average Bonchev–Trinajstić information content (AvgIpc) is 2.47. The predicted molar refractivity (Wildman–Crippen MR) is 77.3 cm³/mol. The van der Waals surface area contributed by atoms with Crippen LogP contribution in [0.4, 0.5) is 0 Å². The number of aryl methyl sites for hydroxylation is 1. The van der Waals surface area contributed by atoms with Crippen LogP contribution in [0.15, 0.2) is 42.6 Å². The first kappa shape index (κ1) is 14.2. The molecule has 0 saturated heterocycles. The quantitative estimate of drug-likeness (QED) is 0.848. The first-order valence-corrected chi connectivity index (χ1v) is 6.48. The van der Waals surface area contributed by atoms with Crippen LogP contribution in [-0.4, -0.2) is 18.1 Å². The molecule has 0 amide bonds. The maximum absolute atomic E-state index is 11.3. The summed E-state index contributed by atoms with van der Waals surface area (Å²) in [6.07, 6.45) is 1.54. The zero-order valence-corrected chi connectivity index (χ0v) is 11.7. The van der Waals surface area contributed by atoms with Crippen LogP contribution in [0.3, 0.4) is 0 Å². The summed E-state index contributed by atoms with van der Waals surface area (Å²) in [6, 6.07) is 11.9. The summed E-state index contributed by atoms with van der Waals surface area (Å²) in [5.41, 5.74) is 3.86. The zero-order valence-electron chi connectivity index (χ0n) is 11.7. The lowest BCUT2D eigenvalue weighted by Gasteiger charge is -2.06. The highest BCUT2D eigenvalue weighted by atomic mass is 16.5. The summed E-state index contributed by atoms with van der Waals surface area (Å²) in [6.45, 7) is 3.54. The van der Waals surface area contributed by atoms with Crippen LogP contribution in [-0.2, 0) is 17.8 Å². The topological polar surface area (TPSA) is 51.2 Å². The number of carbonyl (C=O) groups excluding carboxylic acids is 1. The number of ether oxygens (including phenoxy) is 1. The fraction of sp³-hybridized carbons (Fsp3) is 0.250. The number of carbonyl (C=O) groups is 1. The van der Waals surface area contributed by atoms with Gasteiger partial charge in [-0.2, -0.15) is 0 Å². The molecule has 1 N–H and O–H groups in total. The number of nitrogens with one attached hydrogen (secondary N) is 1. The molecule has 1 heterocycles. The van der Waals surface area contributed by atoms with E-state index in [1.54, 1.807) is 6.07 Å². The largest absolute Gasteiger partial charge is 0.465 e. The van der Waals surface area contributed by atoms with Gasteiger partial charge in [-0.15, -0.1) is 0 Å². The Bertz CT molecular complexity index is 579. The molecule has 0 aliphatic rings. The Morgan fingerprint density at radius 2 is 2.10 bits per heavy atom. The summed E-state index contributed by atoms with van der Waals surface area (Å²) < 4.78 is 4.63. The van der Waals surface area contributed by atoms with Gasteiger partial charge in [0.15, 0.2) is 0 Å². The highest BCUT2D eigenvalue weighted by Gasteiger charge is 2.05. The Morgan fingerprint density at radius 1 is 1.25 bits per heavy atom. The highest BCUT2D eigenvalue weighted by molar-refractivity contribution is 5.88. The predicted octanol–water partition coefficient (Wildman–Crippen LogP) is 2.47. The van der Waals surface area contributed by atoms with Crippen LogP contribution in [0, 0.1) is 6.92 Å². The van der Waals surface area contributed by atoms with Crippen molar-refractivity contribution in [3.63, 3.8) is 0 Å². The number of pyridine rings is 1. The number of hydrogen-bond acceptors (Lipinski definition) is 4. The average molecular weight is 270 g/mol. The monoisotopic (exact) mass is 270 g/mol. The number of nitrogens with zero attached hydrogens (tertiary/aromatic N) is 1. The van der Waals surface area contributed by atoms with Gasteiger partial charge in [0, 0.05) is 19.3 Å². The van der Waals surface area contributed by atoms with Crippen LogP contribution in [0.2, 0.25) is 0 Å². The summed E-state index contributed by atoms with van der Waals surface area (Å²) in [7, 11) is 1.36. The van der Waals surface area contributed by atoms with Crippen molar-refractivity contribution in [2.24, 2.45) is 0 Å². The molecule has 20 heavy (non-hydrogen) atoms. The van der Waals surface area contributed by atoms with Crippen molar-refractivity contribution in [3.05, 3.63) is 65.0 Å². The molecule has 0 bridgehead atoms. The highest BCUT2D eigenvalue weighted by Crippen LogP contribution is 2.05. The number of esters is 1. The van der Waals surface area contributed by atoms with Gasteiger partial charge in [-0.1, -0.05) is 29.8 Å². The van der Waals surface area contributed by atoms with Crippen LogP contribution in [0.5, 0.6) is 0 Å². The minimum Gasteiger partial charge on any atom is -0.465 e. The molecule has 0 atom stereocenters. The van der Waals surface area contributed by atoms with Crippen LogP contribution < -0.4 is 5.32 Å². The van der Waals surface area contributed by atoms with Gasteiger partial charge in [-0.05, 0) is 24.6 Å². The summed E-state index contributed by atoms with van der Waals surface area (Å²) >= 11 is 0. The lowest BCUT2D eigenvalue weighted by molar-refractivity contribution is 0.0600. The molecule has 0 aliphatic heterocycles. The Labute approximate surface area is 118 Å². The van der Waals surface area contributed by atoms with Crippen molar-refractivity contribution in [1.29, 1.82) is 0 Å². The minimum atomic E-state index is -0.364. The van der Waals surface area contributed by atoms with Gasteiger partial charge in [0.2, 0.25) is 0 Å². The van der Waals surface area contributed by atoms with Gasteiger partial charge in [-0.25, -0.2) is 4.79 Å². The molecule has 0 saturated carbocycles. The van der Waals surface area contributed by atoms with Crippen molar-refractivity contribution in [2.75, 3.05) is 7.11 Å². The lowest BCUT2D eigenvalue weighted by atomic mass is 10.1. The molecule has 2 rings (SSSR count). The van der Waals surface area contributed by atoms with Crippen molar-refractivity contribution in [3.8, 4) is 0 Å². The van der Waals surface area contributed by atoms with E-state index in [0.717, 1.165) is 12.2 Å². The molecule has 1 aromatic heterocycles. The fourth-order valence-corrected chi connectivity index (χ4v) is 1.92. The fourth-order valence-electron chi connectivity index (χ4n) is 1.92. The third-order valence-corrected chi connectivity index (χ3v) is 2.96. The molecule has 0 fully saturated rings. The second-order valence-electron chi connectivity index (χ2n) is 4.62. The SMILES string of the molecule is COC(=O)c1ccc(CNCc2cccc(C)c2)nc1. The number of aromatic nitrogens is 1. The van der Waals surface area contributed by atoms with Gasteiger partial charge in [0.05, 0.1) is 18.4 Å². The van der Waals surface area contributed by atoms with E-state index in [1.165, 1.54) is 24.4 Å². The Kier molecular flexibility index (Phi) is 4.85. The molecule has 1 aromatic carbocycles. The number of rotatable bonds is 5. The summed E-state index contributed by atoms with van der Waals surface area (Å²) in [5.74, 6) is -0.364. The third-order valence-electron chi connectivity index (χ3n) is 2.96. The molecule has 0 aliphatic carbocycles.